The zero-order valence-electron chi connectivity index (χ0n) is 12.1. The molecule has 0 aliphatic heterocycles. The third kappa shape index (κ3) is 4.26. The number of hydrogen-bond acceptors (Lipinski definition) is 3. The van der Waals surface area contributed by atoms with E-state index in [9.17, 15) is 9.90 Å². The molecule has 22 heavy (non-hydrogen) atoms. The summed E-state index contributed by atoms with van der Waals surface area (Å²) in [5.41, 5.74) is 1.14. The van der Waals surface area contributed by atoms with E-state index in [1.807, 2.05) is 6.07 Å². The van der Waals surface area contributed by atoms with Gasteiger partial charge in [0.05, 0.1) is 6.26 Å². The number of carbonyl (C=O) groups is 1. The van der Waals surface area contributed by atoms with Crippen molar-refractivity contribution in [1.82, 2.24) is 5.32 Å². The van der Waals surface area contributed by atoms with E-state index < -0.39 is 0 Å². The van der Waals surface area contributed by atoms with Crippen LogP contribution in [0.5, 0.6) is 0 Å². The Balaban J connectivity index is 1.96. The van der Waals surface area contributed by atoms with Crippen molar-refractivity contribution in [2.24, 2.45) is 5.92 Å². The Morgan fingerprint density at radius 2 is 2.05 bits per heavy atom. The minimum Gasteiger partial charge on any atom is -0.469 e. The highest BCUT2D eigenvalue weighted by atomic mass is 35.5. The van der Waals surface area contributed by atoms with Crippen molar-refractivity contribution in [3.63, 3.8) is 0 Å². The summed E-state index contributed by atoms with van der Waals surface area (Å²) in [6.07, 6.45) is 2.14. The van der Waals surface area contributed by atoms with Crippen LogP contribution in [0.2, 0.25) is 10.0 Å². The molecule has 0 radical (unpaired) electrons. The molecule has 0 bridgehead atoms. The first kappa shape index (κ1) is 16.9. The predicted octanol–water partition coefficient (Wildman–Crippen LogP) is 3.48. The van der Waals surface area contributed by atoms with Crippen LogP contribution in [0, 0.1) is 12.8 Å². The van der Waals surface area contributed by atoms with Gasteiger partial charge >= 0.3 is 0 Å². The molecule has 4 nitrogen and oxygen atoms in total. The number of benzene rings is 1. The number of halogens is 2. The van der Waals surface area contributed by atoms with Gasteiger partial charge in [-0.25, -0.2) is 0 Å². The number of aliphatic hydroxyl groups excluding tert-OH is 1. The van der Waals surface area contributed by atoms with Crippen molar-refractivity contribution in [1.29, 1.82) is 0 Å². The molecule has 1 aromatic carbocycles. The maximum absolute atomic E-state index is 12.1. The van der Waals surface area contributed by atoms with Gasteiger partial charge in [-0.15, -0.1) is 0 Å². The van der Waals surface area contributed by atoms with E-state index >= 15 is 0 Å². The Morgan fingerprint density at radius 1 is 1.36 bits per heavy atom. The van der Waals surface area contributed by atoms with Gasteiger partial charge in [0.15, 0.2) is 0 Å². The molecule has 1 heterocycles. The SMILES string of the molecule is Cc1c(Cl)cc(C(=O)NCC(CO)Cc2ccco2)cc1Cl. The lowest BCUT2D eigenvalue weighted by molar-refractivity contribution is 0.0939. The number of amides is 1. The molecule has 2 aromatic rings. The maximum atomic E-state index is 12.1. The fourth-order valence-corrected chi connectivity index (χ4v) is 2.52. The predicted molar refractivity (Wildman–Crippen MR) is 86.5 cm³/mol. The van der Waals surface area contributed by atoms with Crippen LogP contribution in [0.4, 0.5) is 0 Å². The number of furan rings is 1. The van der Waals surface area contributed by atoms with Crippen molar-refractivity contribution >= 4 is 29.1 Å². The lowest BCUT2D eigenvalue weighted by Gasteiger charge is -2.14. The summed E-state index contributed by atoms with van der Waals surface area (Å²) in [5, 5.41) is 13.1. The number of aliphatic hydroxyl groups is 1. The van der Waals surface area contributed by atoms with Gasteiger partial charge in [-0.05, 0) is 36.8 Å². The molecule has 1 unspecified atom stereocenters. The van der Waals surface area contributed by atoms with Gasteiger partial charge in [0.25, 0.3) is 5.91 Å². The first-order valence-corrected chi connectivity index (χ1v) is 7.64. The fraction of sp³-hybridized carbons (Fsp3) is 0.312. The summed E-state index contributed by atoms with van der Waals surface area (Å²) < 4.78 is 5.24. The molecule has 0 spiro atoms. The minimum absolute atomic E-state index is 0.0452. The van der Waals surface area contributed by atoms with Crippen LogP contribution < -0.4 is 5.32 Å². The fourth-order valence-electron chi connectivity index (χ4n) is 2.03. The summed E-state index contributed by atoms with van der Waals surface area (Å²) in [5.74, 6) is 0.378. The maximum Gasteiger partial charge on any atom is 0.251 e. The topological polar surface area (TPSA) is 62.5 Å². The Bertz CT molecular complexity index is 618. The molecular formula is C16H17Cl2NO3. The molecule has 0 aliphatic rings. The quantitative estimate of drug-likeness (QED) is 0.845. The smallest absolute Gasteiger partial charge is 0.251 e. The van der Waals surface area contributed by atoms with E-state index in [-0.39, 0.29) is 18.4 Å². The molecule has 0 fully saturated rings. The largest absolute Gasteiger partial charge is 0.469 e. The van der Waals surface area contributed by atoms with Crippen LogP contribution in [0.1, 0.15) is 21.7 Å². The Kier molecular flexibility index (Phi) is 5.89. The van der Waals surface area contributed by atoms with E-state index in [1.54, 1.807) is 31.4 Å². The Hall–Kier alpha value is -1.49. The third-order valence-electron chi connectivity index (χ3n) is 3.42. The third-order valence-corrected chi connectivity index (χ3v) is 4.21. The second-order valence-electron chi connectivity index (χ2n) is 5.11. The van der Waals surface area contributed by atoms with Gasteiger partial charge < -0.3 is 14.8 Å². The first-order valence-electron chi connectivity index (χ1n) is 6.88. The van der Waals surface area contributed by atoms with Crippen LogP contribution in [-0.2, 0) is 6.42 Å². The van der Waals surface area contributed by atoms with Gasteiger partial charge in [-0.3, -0.25) is 4.79 Å². The van der Waals surface area contributed by atoms with Crippen molar-refractivity contribution in [2.75, 3.05) is 13.2 Å². The minimum atomic E-state index is -0.276. The molecule has 0 saturated carbocycles. The molecule has 2 N–H and O–H groups in total. The average molecular weight is 342 g/mol. The lowest BCUT2D eigenvalue weighted by atomic mass is 10.0. The standard InChI is InChI=1S/C16H17Cl2NO3/c1-10-14(17)6-12(7-15(10)18)16(21)19-8-11(9-20)5-13-3-2-4-22-13/h2-4,6-7,11,20H,5,8-9H2,1H3,(H,19,21). The average Bonchev–Trinajstić information content (AvgIpc) is 3.01. The molecule has 1 amide bonds. The molecule has 0 saturated heterocycles. The van der Waals surface area contributed by atoms with E-state index in [4.69, 9.17) is 27.6 Å². The zero-order valence-corrected chi connectivity index (χ0v) is 13.6. The highest BCUT2D eigenvalue weighted by molar-refractivity contribution is 6.36. The van der Waals surface area contributed by atoms with Crippen molar-refractivity contribution in [3.8, 4) is 0 Å². The first-order chi connectivity index (χ1) is 10.5. The van der Waals surface area contributed by atoms with E-state index in [2.05, 4.69) is 5.32 Å². The highest BCUT2D eigenvalue weighted by Gasteiger charge is 2.14. The van der Waals surface area contributed by atoms with Crippen molar-refractivity contribution in [3.05, 3.63) is 57.5 Å². The summed E-state index contributed by atoms with van der Waals surface area (Å²) in [6.45, 7) is 2.08. The number of hydrogen-bond donors (Lipinski definition) is 2. The molecule has 2 rings (SSSR count). The molecular weight excluding hydrogens is 325 g/mol. The summed E-state index contributed by atoms with van der Waals surface area (Å²) in [6, 6.07) is 6.79. The van der Waals surface area contributed by atoms with Gasteiger partial charge in [-0.1, -0.05) is 23.2 Å². The van der Waals surface area contributed by atoms with Crippen LogP contribution in [0.25, 0.3) is 0 Å². The zero-order chi connectivity index (χ0) is 16.1. The van der Waals surface area contributed by atoms with Crippen LogP contribution in [0.3, 0.4) is 0 Å². The Morgan fingerprint density at radius 3 is 2.59 bits per heavy atom. The number of carbonyl (C=O) groups excluding carboxylic acids is 1. The molecule has 1 aromatic heterocycles. The highest BCUT2D eigenvalue weighted by Crippen LogP contribution is 2.25. The lowest BCUT2D eigenvalue weighted by Crippen LogP contribution is -2.31. The van der Waals surface area contributed by atoms with E-state index in [0.717, 1.165) is 11.3 Å². The van der Waals surface area contributed by atoms with Crippen LogP contribution in [-0.4, -0.2) is 24.2 Å². The molecule has 6 heteroatoms. The Labute approximate surface area is 139 Å². The molecule has 118 valence electrons. The molecule has 1 atom stereocenters. The van der Waals surface area contributed by atoms with Crippen LogP contribution >= 0.6 is 23.2 Å². The van der Waals surface area contributed by atoms with Crippen molar-refractivity contribution in [2.45, 2.75) is 13.3 Å². The number of rotatable bonds is 6. The summed E-state index contributed by atoms with van der Waals surface area (Å²) in [7, 11) is 0. The monoisotopic (exact) mass is 341 g/mol. The second kappa shape index (κ2) is 7.68. The molecule has 0 aliphatic carbocycles. The van der Waals surface area contributed by atoms with E-state index in [1.165, 1.54) is 0 Å². The van der Waals surface area contributed by atoms with E-state index in [0.29, 0.717) is 28.6 Å². The van der Waals surface area contributed by atoms with Crippen molar-refractivity contribution < 1.29 is 14.3 Å². The van der Waals surface area contributed by atoms with Gasteiger partial charge in [0.1, 0.15) is 5.76 Å². The summed E-state index contributed by atoms with van der Waals surface area (Å²) in [4.78, 5) is 12.1. The summed E-state index contributed by atoms with van der Waals surface area (Å²) >= 11 is 12.1. The van der Waals surface area contributed by atoms with Gasteiger partial charge in [0.2, 0.25) is 0 Å². The normalized spacial score (nSPS) is 12.2. The number of nitrogens with one attached hydrogen (secondary N) is 1. The van der Waals surface area contributed by atoms with Gasteiger partial charge in [0, 0.05) is 41.1 Å². The second-order valence-corrected chi connectivity index (χ2v) is 5.92. The van der Waals surface area contributed by atoms with Crippen LogP contribution in [0.15, 0.2) is 34.9 Å². The van der Waals surface area contributed by atoms with Gasteiger partial charge in [-0.2, -0.15) is 0 Å².